The van der Waals surface area contributed by atoms with Gasteiger partial charge in [-0.15, -0.1) is 11.8 Å². The lowest BCUT2D eigenvalue weighted by atomic mass is 10.1. The second-order valence-corrected chi connectivity index (χ2v) is 4.77. The van der Waals surface area contributed by atoms with Crippen molar-refractivity contribution in [3.05, 3.63) is 0 Å². The molecule has 0 bridgehead atoms. The smallest absolute Gasteiger partial charge is 0.217 e. The molecule has 4 atom stereocenters. The van der Waals surface area contributed by atoms with Gasteiger partial charge < -0.3 is 20.3 Å². The third-order valence-corrected chi connectivity index (χ3v) is 3.30. The third-order valence-electron chi connectivity index (χ3n) is 2.23. The topological polar surface area (TPSA) is 78.8 Å². The zero-order valence-corrected chi connectivity index (χ0v) is 9.66. The second kappa shape index (κ2) is 5.69. The van der Waals surface area contributed by atoms with Gasteiger partial charge in [0.2, 0.25) is 5.91 Å². The quantitative estimate of drug-likeness (QED) is 0.602. The van der Waals surface area contributed by atoms with Crippen LogP contribution in [0.2, 0.25) is 0 Å². The minimum Gasteiger partial charge on any atom is -0.394 e. The number of aliphatic hydroxyl groups excluding tert-OH is 2. The predicted molar refractivity (Wildman–Crippen MR) is 57.5 cm³/mol. The first-order chi connectivity index (χ1) is 7.10. The minimum atomic E-state index is -0.844. The first-order valence-corrected chi connectivity index (χ1v) is 5.98. The molecule has 1 saturated heterocycles. The van der Waals surface area contributed by atoms with E-state index in [1.165, 1.54) is 18.7 Å². The number of hydrogen-bond donors (Lipinski definition) is 3. The molecule has 1 heterocycles. The summed E-state index contributed by atoms with van der Waals surface area (Å²) in [7, 11) is 0. The fraction of sp³-hybridized carbons (Fsp3) is 0.889. The van der Waals surface area contributed by atoms with E-state index in [9.17, 15) is 9.90 Å². The summed E-state index contributed by atoms with van der Waals surface area (Å²) in [5.74, 6) is 0.619. The SMILES string of the molecule is CCS[C@@H]1O[C@H](CO)[C@@H](O)[C@@H]1NC(C)=O. The van der Waals surface area contributed by atoms with E-state index in [-0.39, 0.29) is 18.0 Å². The Labute approximate surface area is 93.2 Å². The maximum absolute atomic E-state index is 10.9. The van der Waals surface area contributed by atoms with E-state index < -0.39 is 18.2 Å². The molecular formula is C9H17NO4S. The normalized spacial score (nSPS) is 35.5. The lowest BCUT2D eigenvalue weighted by Crippen LogP contribution is -2.46. The predicted octanol–water partition coefficient (Wildman–Crippen LogP) is -0.678. The van der Waals surface area contributed by atoms with Crippen LogP contribution in [0.5, 0.6) is 0 Å². The minimum absolute atomic E-state index is 0.206. The van der Waals surface area contributed by atoms with E-state index in [0.717, 1.165) is 5.75 Å². The van der Waals surface area contributed by atoms with Crippen molar-refractivity contribution in [2.75, 3.05) is 12.4 Å². The number of hydrogen-bond acceptors (Lipinski definition) is 5. The second-order valence-electron chi connectivity index (χ2n) is 3.40. The van der Waals surface area contributed by atoms with Gasteiger partial charge in [0.05, 0.1) is 12.6 Å². The Morgan fingerprint density at radius 3 is 2.73 bits per heavy atom. The molecule has 15 heavy (non-hydrogen) atoms. The van der Waals surface area contributed by atoms with E-state index in [1.54, 1.807) is 0 Å². The Kier molecular flexibility index (Phi) is 4.85. The average Bonchev–Trinajstić information content (AvgIpc) is 2.46. The number of nitrogens with one attached hydrogen (secondary N) is 1. The van der Waals surface area contributed by atoms with E-state index in [1.807, 2.05) is 6.92 Å². The molecule has 1 aliphatic rings. The van der Waals surface area contributed by atoms with Crippen LogP contribution in [0.3, 0.4) is 0 Å². The highest BCUT2D eigenvalue weighted by atomic mass is 32.2. The molecule has 0 saturated carbocycles. The fourth-order valence-corrected chi connectivity index (χ4v) is 2.56. The Morgan fingerprint density at radius 2 is 2.27 bits per heavy atom. The van der Waals surface area contributed by atoms with Gasteiger partial charge >= 0.3 is 0 Å². The summed E-state index contributed by atoms with van der Waals surface area (Å²) in [5, 5.41) is 21.4. The Hall–Kier alpha value is -0.300. The van der Waals surface area contributed by atoms with Gasteiger partial charge in [0.15, 0.2) is 0 Å². The van der Waals surface area contributed by atoms with Crippen LogP contribution in [0.15, 0.2) is 0 Å². The number of amides is 1. The number of thioether (sulfide) groups is 1. The maximum atomic E-state index is 10.9. The molecule has 6 heteroatoms. The maximum Gasteiger partial charge on any atom is 0.217 e. The lowest BCUT2D eigenvalue weighted by molar-refractivity contribution is -0.120. The van der Waals surface area contributed by atoms with Gasteiger partial charge in [0.1, 0.15) is 17.6 Å². The van der Waals surface area contributed by atoms with E-state index in [2.05, 4.69) is 5.32 Å². The summed E-state index contributed by atoms with van der Waals surface area (Å²) >= 11 is 1.50. The largest absolute Gasteiger partial charge is 0.394 e. The summed E-state index contributed by atoms with van der Waals surface area (Å²) in [4.78, 5) is 10.9. The molecule has 1 fully saturated rings. The third kappa shape index (κ3) is 3.07. The van der Waals surface area contributed by atoms with Gasteiger partial charge in [0.25, 0.3) is 0 Å². The number of carbonyl (C=O) groups excluding carboxylic acids is 1. The van der Waals surface area contributed by atoms with Crippen molar-refractivity contribution in [1.82, 2.24) is 5.32 Å². The zero-order valence-electron chi connectivity index (χ0n) is 8.84. The molecule has 0 aromatic carbocycles. The van der Waals surface area contributed by atoms with Crippen molar-refractivity contribution in [2.24, 2.45) is 0 Å². The molecule has 0 aromatic heterocycles. The summed E-state index contributed by atoms with van der Waals surface area (Å²) < 4.78 is 5.42. The molecule has 1 aliphatic heterocycles. The monoisotopic (exact) mass is 235 g/mol. The van der Waals surface area contributed by atoms with Crippen molar-refractivity contribution in [3.8, 4) is 0 Å². The highest BCUT2D eigenvalue weighted by molar-refractivity contribution is 7.99. The molecule has 0 aliphatic carbocycles. The van der Waals surface area contributed by atoms with Crippen molar-refractivity contribution in [1.29, 1.82) is 0 Å². The van der Waals surface area contributed by atoms with Gasteiger partial charge in [-0.05, 0) is 5.75 Å². The van der Waals surface area contributed by atoms with E-state index in [0.29, 0.717) is 0 Å². The first kappa shape index (κ1) is 12.8. The molecule has 88 valence electrons. The Morgan fingerprint density at radius 1 is 1.60 bits per heavy atom. The summed E-state index contributed by atoms with van der Waals surface area (Å²) in [6, 6.07) is -0.440. The molecule has 0 unspecified atom stereocenters. The molecule has 1 amide bonds. The van der Waals surface area contributed by atoms with Crippen LogP contribution >= 0.6 is 11.8 Å². The van der Waals surface area contributed by atoms with Gasteiger partial charge in [0, 0.05) is 6.92 Å². The van der Waals surface area contributed by atoms with Crippen LogP contribution in [0, 0.1) is 0 Å². The standard InChI is InChI=1S/C9H17NO4S/c1-3-15-9-7(10-5(2)12)8(13)6(4-11)14-9/h6-9,11,13H,3-4H2,1-2H3,(H,10,12)/t6-,7+,8-,9+/m1/s1. The van der Waals surface area contributed by atoms with Crippen molar-refractivity contribution < 1.29 is 19.7 Å². The van der Waals surface area contributed by atoms with E-state index >= 15 is 0 Å². The van der Waals surface area contributed by atoms with Crippen LogP contribution < -0.4 is 5.32 Å². The molecule has 1 rings (SSSR count). The Balaban J connectivity index is 2.64. The van der Waals surface area contributed by atoms with Gasteiger partial charge in [-0.25, -0.2) is 0 Å². The van der Waals surface area contributed by atoms with Gasteiger partial charge in [-0.2, -0.15) is 0 Å². The van der Waals surface area contributed by atoms with Crippen LogP contribution in [0.1, 0.15) is 13.8 Å². The highest BCUT2D eigenvalue weighted by Gasteiger charge is 2.43. The molecular weight excluding hydrogens is 218 g/mol. The highest BCUT2D eigenvalue weighted by Crippen LogP contribution is 2.29. The molecule has 5 nitrogen and oxygen atoms in total. The number of rotatable bonds is 4. The Bertz CT molecular complexity index is 226. The van der Waals surface area contributed by atoms with Crippen LogP contribution in [0.25, 0.3) is 0 Å². The van der Waals surface area contributed by atoms with Gasteiger partial charge in [-0.3, -0.25) is 4.79 Å². The van der Waals surface area contributed by atoms with Gasteiger partial charge in [-0.1, -0.05) is 6.92 Å². The lowest BCUT2D eigenvalue weighted by Gasteiger charge is -2.19. The van der Waals surface area contributed by atoms with Crippen LogP contribution in [0.4, 0.5) is 0 Å². The van der Waals surface area contributed by atoms with Crippen LogP contribution in [-0.2, 0) is 9.53 Å². The summed E-state index contributed by atoms with van der Waals surface area (Å²) in [6.07, 6.45) is -1.45. The zero-order chi connectivity index (χ0) is 11.4. The average molecular weight is 235 g/mol. The first-order valence-electron chi connectivity index (χ1n) is 4.93. The fourth-order valence-electron chi connectivity index (χ4n) is 1.58. The number of ether oxygens (including phenoxy) is 1. The van der Waals surface area contributed by atoms with Crippen molar-refractivity contribution in [3.63, 3.8) is 0 Å². The van der Waals surface area contributed by atoms with Crippen LogP contribution in [-0.4, -0.2) is 52.2 Å². The molecule has 3 N–H and O–H groups in total. The summed E-state index contributed by atoms with van der Waals surface area (Å²) in [5.41, 5.74) is -0.286. The van der Waals surface area contributed by atoms with Crippen molar-refractivity contribution >= 4 is 17.7 Å². The number of aliphatic hydroxyl groups is 2. The van der Waals surface area contributed by atoms with E-state index in [4.69, 9.17) is 9.84 Å². The van der Waals surface area contributed by atoms with Crippen molar-refractivity contribution in [2.45, 2.75) is 37.5 Å². The number of carbonyl (C=O) groups is 1. The molecule has 0 radical (unpaired) electrons. The summed E-state index contributed by atoms with van der Waals surface area (Å²) in [6.45, 7) is 3.13. The molecule has 0 spiro atoms. The molecule has 0 aromatic rings.